The van der Waals surface area contributed by atoms with Gasteiger partial charge in [-0.1, -0.05) is 0 Å². The fourth-order valence-electron chi connectivity index (χ4n) is 1.09. The molecule has 0 unspecified atom stereocenters. The van der Waals surface area contributed by atoms with E-state index in [0.717, 1.165) is 17.6 Å². The van der Waals surface area contributed by atoms with Gasteiger partial charge in [0, 0.05) is 12.7 Å². The van der Waals surface area contributed by atoms with E-state index in [2.05, 4.69) is 10.6 Å². The van der Waals surface area contributed by atoms with Crippen LogP contribution in [0.4, 0.5) is 5.69 Å². The topological polar surface area (TPSA) is 76.4 Å². The molecule has 0 aliphatic carbocycles. The lowest BCUT2D eigenvalue weighted by Crippen LogP contribution is -2.16. The number of nitro groups is 1. The second-order valence-corrected chi connectivity index (χ2v) is 2.93. The molecule has 0 aliphatic rings. The molecule has 0 bridgehead atoms. The largest absolute Gasteiger partial charge is 0.497 e. The molecule has 2 N–H and O–H groups in total. The Kier molecular flexibility index (Phi) is 4.14. The van der Waals surface area contributed by atoms with Crippen molar-refractivity contribution >= 4 is 5.69 Å². The van der Waals surface area contributed by atoms with Gasteiger partial charge in [0.1, 0.15) is 5.75 Å². The maximum atomic E-state index is 10.3. The van der Waals surface area contributed by atoms with Gasteiger partial charge in [0.2, 0.25) is 0 Å². The van der Waals surface area contributed by atoms with Crippen LogP contribution in [0.3, 0.4) is 0 Å². The molecule has 86 valence electrons. The smallest absolute Gasteiger partial charge is 0.274 e. The normalized spacial score (nSPS) is 10.8. The monoisotopic (exact) mass is 223 g/mol. The van der Waals surface area contributed by atoms with Gasteiger partial charge in [0.05, 0.1) is 12.0 Å². The first kappa shape index (κ1) is 11.8. The summed E-state index contributed by atoms with van der Waals surface area (Å²) in [6.45, 7) is 0. The average molecular weight is 223 g/mol. The number of benzene rings is 1. The van der Waals surface area contributed by atoms with E-state index in [1.807, 2.05) is 0 Å². The van der Waals surface area contributed by atoms with Crippen molar-refractivity contribution in [2.24, 2.45) is 0 Å². The van der Waals surface area contributed by atoms with Crippen molar-refractivity contribution in [3.63, 3.8) is 0 Å². The van der Waals surface area contributed by atoms with Gasteiger partial charge in [0.15, 0.2) is 5.82 Å². The minimum atomic E-state index is -0.525. The van der Waals surface area contributed by atoms with Gasteiger partial charge in [0.25, 0.3) is 6.20 Å². The van der Waals surface area contributed by atoms with Crippen LogP contribution in [0.25, 0.3) is 0 Å². The Morgan fingerprint density at radius 1 is 1.44 bits per heavy atom. The lowest BCUT2D eigenvalue weighted by Gasteiger charge is -2.08. The molecule has 0 radical (unpaired) electrons. The lowest BCUT2D eigenvalue weighted by molar-refractivity contribution is -0.403. The van der Waals surface area contributed by atoms with E-state index in [1.165, 1.54) is 0 Å². The zero-order chi connectivity index (χ0) is 12.0. The molecular formula is C10H13N3O3. The Morgan fingerprint density at radius 2 is 2.06 bits per heavy atom. The van der Waals surface area contributed by atoms with E-state index < -0.39 is 4.92 Å². The SMILES string of the molecule is CNC(=C[N+](=O)[O-])Nc1ccc(OC)cc1. The molecule has 0 aliphatic heterocycles. The van der Waals surface area contributed by atoms with Gasteiger partial charge in [-0.15, -0.1) is 0 Å². The highest BCUT2D eigenvalue weighted by atomic mass is 16.6. The van der Waals surface area contributed by atoms with Crippen LogP contribution in [0.2, 0.25) is 0 Å². The molecule has 1 rings (SSSR count). The van der Waals surface area contributed by atoms with Crippen molar-refractivity contribution in [3.05, 3.63) is 46.4 Å². The van der Waals surface area contributed by atoms with Crippen LogP contribution in [0.5, 0.6) is 5.75 Å². The summed E-state index contributed by atoms with van der Waals surface area (Å²) in [6.07, 6.45) is 0.865. The minimum absolute atomic E-state index is 0.315. The molecule has 6 nitrogen and oxygen atoms in total. The number of hydrogen-bond donors (Lipinski definition) is 2. The van der Waals surface area contributed by atoms with Crippen LogP contribution in [0, 0.1) is 10.1 Å². The molecule has 0 heterocycles. The third-order valence-corrected chi connectivity index (χ3v) is 1.87. The number of methoxy groups -OCH3 is 1. The molecule has 1 aromatic carbocycles. The van der Waals surface area contributed by atoms with Gasteiger partial charge in [-0.2, -0.15) is 0 Å². The van der Waals surface area contributed by atoms with E-state index in [1.54, 1.807) is 38.4 Å². The fourth-order valence-corrected chi connectivity index (χ4v) is 1.09. The molecule has 0 saturated heterocycles. The average Bonchev–Trinajstić information content (AvgIpc) is 2.28. The van der Waals surface area contributed by atoms with E-state index in [0.29, 0.717) is 5.82 Å². The number of ether oxygens (including phenoxy) is 1. The quantitative estimate of drug-likeness (QED) is 0.583. The maximum absolute atomic E-state index is 10.3. The predicted molar refractivity (Wildman–Crippen MR) is 60.8 cm³/mol. The molecule has 1 aromatic rings. The van der Waals surface area contributed by atoms with Crippen LogP contribution in [0.15, 0.2) is 36.3 Å². The number of anilines is 1. The predicted octanol–water partition coefficient (Wildman–Crippen LogP) is 1.40. The first-order valence-electron chi connectivity index (χ1n) is 4.60. The van der Waals surface area contributed by atoms with Crippen LogP contribution in [-0.4, -0.2) is 19.1 Å². The number of hydrogen-bond acceptors (Lipinski definition) is 5. The summed E-state index contributed by atoms with van der Waals surface area (Å²) in [7, 11) is 3.18. The summed E-state index contributed by atoms with van der Waals surface area (Å²) < 4.78 is 5.00. The van der Waals surface area contributed by atoms with Crippen LogP contribution >= 0.6 is 0 Å². The van der Waals surface area contributed by atoms with E-state index in [4.69, 9.17) is 4.74 Å². The molecule has 0 aromatic heterocycles. The zero-order valence-corrected chi connectivity index (χ0v) is 9.06. The molecular weight excluding hydrogens is 210 g/mol. The summed E-state index contributed by atoms with van der Waals surface area (Å²) >= 11 is 0. The first-order valence-corrected chi connectivity index (χ1v) is 4.60. The molecule has 0 fully saturated rings. The Morgan fingerprint density at radius 3 is 2.50 bits per heavy atom. The summed E-state index contributed by atoms with van der Waals surface area (Å²) in [5.74, 6) is 1.05. The minimum Gasteiger partial charge on any atom is -0.497 e. The van der Waals surface area contributed by atoms with E-state index in [-0.39, 0.29) is 0 Å². The second-order valence-electron chi connectivity index (χ2n) is 2.93. The van der Waals surface area contributed by atoms with Crippen LogP contribution in [-0.2, 0) is 0 Å². The Bertz CT molecular complexity index is 387. The van der Waals surface area contributed by atoms with Crippen molar-refractivity contribution in [2.75, 3.05) is 19.5 Å². The number of rotatable bonds is 5. The van der Waals surface area contributed by atoms with Crippen molar-refractivity contribution in [3.8, 4) is 5.75 Å². The maximum Gasteiger partial charge on any atom is 0.274 e. The van der Waals surface area contributed by atoms with E-state index >= 15 is 0 Å². The Hall–Kier alpha value is -2.24. The van der Waals surface area contributed by atoms with Gasteiger partial charge in [-0.3, -0.25) is 10.1 Å². The summed E-state index contributed by atoms with van der Waals surface area (Å²) in [5, 5.41) is 15.8. The molecule has 0 amide bonds. The van der Waals surface area contributed by atoms with Gasteiger partial charge in [-0.25, -0.2) is 0 Å². The fraction of sp³-hybridized carbons (Fsp3) is 0.200. The first-order chi connectivity index (χ1) is 7.65. The number of nitrogens with zero attached hydrogens (tertiary/aromatic N) is 1. The highest BCUT2D eigenvalue weighted by Gasteiger charge is 2.01. The molecule has 0 spiro atoms. The zero-order valence-electron chi connectivity index (χ0n) is 9.06. The van der Waals surface area contributed by atoms with Crippen molar-refractivity contribution in [2.45, 2.75) is 0 Å². The molecule has 0 saturated carbocycles. The standard InChI is InChI=1S/C10H13N3O3/c1-11-10(7-13(14)15)12-8-3-5-9(16-2)6-4-8/h3-7,11-12H,1-2H3. The second kappa shape index (κ2) is 5.59. The molecule has 0 atom stereocenters. The highest BCUT2D eigenvalue weighted by molar-refractivity contribution is 5.49. The summed E-state index contributed by atoms with van der Waals surface area (Å²) in [5.41, 5.74) is 0.739. The van der Waals surface area contributed by atoms with E-state index in [9.17, 15) is 10.1 Å². The Balaban J connectivity index is 2.74. The Labute approximate surface area is 93.1 Å². The highest BCUT2D eigenvalue weighted by Crippen LogP contribution is 2.15. The van der Waals surface area contributed by atoms with Crippen LogP contribution < -0.4 is 15.4 Å². The van der Waals surface area contributed by atoms with Crippen LogP contribution in [0.1, 0.15) is 0 Å². The van der Waals surface area contributed by atoms with Gasteiger partial charge >= 0.3 is 0 Å². The molecule has 6 heteroatoms. The van der Waals surface area contributed by atoms with Crippen molar-refractivity contribution in [1.82, 2.24) is 5.32 Å². The number of nitrogens with one attached hydrogen (secondary N) is 2. The van der Waals surface area contributed by atoms with Gasteiger partial charge in [-0.05, 0) is 24.3 Å². The summed E-state index contributed by atoms with van der Waals surface area (Å²) in [6, 6.07) is 7.07. The third-order valence-electron chi connectivity index (χ3n) is 1.87. The van der Waals surface area contributed by atoms with Crippen molar-refractivity contribution in [1.29, 1.82) is 0 Å². The van der Waals surface area contributed by atoms with Crippen molar-refractivity contribution < 1.29 is 9.66 Å². The van der Waals surface area contributed by atoms with Gasteiger partial charge < -0.3 is 15.4 Å². The molecule has 16 heavy (non-hydrogen) atoms. The summed E-state index contributed by atoms with van der Waals surface area (Å²) in [4.78, 5) is 9.76. The lowest BCUT2D eigenvalue weighted by atomic mass is 10.3. The third kappa shape index (κ3) is 3.49.